The minimum atomic E-state index is 0.432. The zero-order valence-electron chi connectivity index (χ0n) is 12.2. The van der Waals surface area contributed by atoms with Crippen molar-refractivity contribution in [2.24, 2.45) is 0 Å². The van der Waals surface area contributed by atoms with Crippen LogP contribution >= 0.6 is 11.6 Å². The molecule has 0 saturated carbocycles. The van der Waals surface area contributed by atoms with E-state index in [1.807, 2.05) is 30.3 Å². The Morgan fingerprint density at radius 1 is 1.05 bits per heavy atom. The van der Waals surface area contributed by atoms with Gasteiger partial charge in [-0.15, -0.1) is 0 Å². The van der Waals surface area contributed by atoms with E-state index < -0.39 is 0 Å². The van der Waals surface area contributed by atoms with E-state index in [9.17, 15) is 0 Å². The molecule has 2 aromatic carbocycles. The monoisotopic (exact) mass is 288 g/mol. The number of rotatable bonds is 5. The van der Waals surface area contributed by atoms with Gasteiger partial charge in [-0.05, 0) is 24.3 Å². The number of nitrogens with zero attached hydrogens (tertiary/aromatic N) is 1. The van der Waals surface area contributed by atoms with Crippen LogP contribution in [0.15, 0.2) is 48.5 Å². The third kappa shape index (κ3) is 3.53. The van der Waals surface area contributed by atoms with Crippen LogP contribution in [0.1, 0.15) is 19.4 Å². The number of halogens is 1. The molecule has 0 atom stereocenters. The molecule has 106 valence electrons. The van der Waals surface area contributed by atoms with Crippen LogP contribution in [-0.2, 0) is 6.54 Å². The van der Waals surface area contributed by atoms with Gasteiger partial charge < -0.3 is 10.2 Å². The van der Waals surface area contributed by atoms with Crippen LogP contribution in [0, 0.1) is 0 Å². The van der Waals surface area contributed by atoms with Crippen LogP contribution < -0.4 is 10.2 Å². The molecule has 0 bridgehead atoms. The Labute approximate surface area is 126 Å². The highest BCUT2D eigenvalue weighted by Crippen LogP contribution is 2.31. The Kier molecular flexibility index (Phi) is 5.05. The third-order valence-corrected chi connectivity index (χ3v) is 3.64. The van der Waals surface area contributed by atoms with E-state index in [0.29, 0.717) is 6.04 Å². The normalized spacial score (nSPS) is 10.8. The van der Waals surface area contributed by atoms with Gasteiger partial charge in [0.05, 0.1) is 0 Å². The summed E-state index contributed by atoms with van der Waals surface area (Å²) in [6.45, 7) is 5.04. The van der Waals surface area contributed by atoms with Crippen molar-refractivity contribution in [1.29, 1.82) is 0 Å². The maximum Gasteiger partial charge on any atom is 0.0471 e. The van der Waals surface area contributed by atoms with Gasteiger partial charge in [0, 0.05) is 41.6 Å². The van der Waals surface area contributed by atoms with Crippen molar-refractivity contribution >= 4 is 23.0 Å². The van der Waals surface area contributed by atoms with E-state index >= 15 is 0 Å². The van der Waals surface area contributed by atoms with Crippen LogP contribution in [0.4, 0.5) is 11.4 Å². The molecule has 0 spiro atoms. The molecule has 0 saturated heterocycles. The molecule has 3 heteroatoms. The molecular weight excluding hydrogens is 268 g/mol. The quantitative estimate of drug-likeness (QED) is 0.864. The van der Waals surface area contributed by atoms with Crippen LogP contribution in [0.2, 0.25) is 5.02 Å². The highest BCUT2D eigenvalue weighted by molar-refractivity contribution is 6.31. The van der Waals surface area contributed by atoms with Crippen molar-refractivity contribution in [1.82, 2.24) is 5.32 Å². The van der Waals surface area contributed by atoms with Crippen molar-refractivity contribution in [2.45, 2.75) is 26.4 Å². The Morgan fingerprint density at radius 3 is 2.40 bits per heavy atom. The van der Waals surface area contributed by atoms with E-state index in [1.54, 1.807) is 0 Å². The van der Waals surface area contributed by atoms with E-state index in [1.165, 1.54) is 0 Å². The average Bonchev–Trinajstić information content (AvgIpc) is 2.45. The Balaban J connectivity index is 2.33. The first kappa shape index (κ1) is 14.9. The molecule has 1 N–H and O–H groups in total. The summed E-state index contributed by atoms with van der Waals surface area (Å²) in [5, 5.41) is 4.24. The fourth-order valence-electron chi connectivity index (χ4n) is 2.13. The first-order valence-corrected chi connectivity index (χ1v) is 7.27. The molecule has 2 nitrogen and oxygen atoms in total. The van der Waals surface area contributed by atoms with Gasteiger partial charge >= 0.3 is 0 Å². The van der Waals surface area contributed by atoms with Crippen LogP contribution in [0.5, 0.6) is 0 Å². The largest absolute Gasteiger partial charge is 0.344 e. The van der Waals surface area contributed by atoms with Crippen LogP contribution in [0.3, 0.4) is 0 Å². The van der Waals surface area contributed by atoms with Crippen molar-refractivity contribution in [3.8, 4) is 0 Å². The van der Waals surface area contributed by atoms with Crippen molar-refractivity contribution in [3.63, 3.8) is 0 Å². The summed E-state index contributed by atoms with van der Waals surface area (Å²) >= 11 is 6.38. The van der Waals surface area contributed by atoms with Gasteiger partial charge in [0.2, 0.25) is 0 Å². The number of hydrogen-bond donors (Lipinski definition) is 1. The molecule has 0 aromatic heterocycles. The highest BCUT2D eigenvalue weighted by Gasteiger charge is 2.12. The molecule has 2 aromatic rings. The number of benzene rings is 2. The Hall–Kier alpha value is -1.51. The summed E-state index contributed by atoms with van der Waals surface area (Å²) < 4.78 is 0. The predicted octanol–water partition coefficient (Wildman–Crippen LogP) is 4.61. The second kappa shape index (κ2) is 6.78. The minimum absolute atomic E-state index is 0.432. The lowest BCUT2D eigenvalue weighted by atomic mass is 10.1. The smallest absolute Gasteiger partial charge is 0.0471 e. The fraction of sp³-hybridized carbons (Fsp3) is 0.294. The molecular formula is C17H21ClN2. The molecule has 20 heavy (non-hydrogen) atoms. The second-order valence-electron chi connectivity index (χ2n) is 5.17. The first-order chi connectivity index (χ1) is 9.59. The maximum atomic E-state index is 6.38. The predicted molar refractivity (Wildman–Crippen MR) is 87.9 cm³/mol. The molecule has 0 amide bonds. The topological polar surface area (TPSA) is 15.3 Å². The zero-order chi connectivity index (χ0) is 14.5. The maximum absolute atomic E-state index is 6.38. The molecule has 0 aliphatic carbocycles. The zero-order valence-corrected chi connectivity index (χ0v) is 13.0. The van der Waals surface area contributed by atoms with Crippen molar-refractivity contribution in [2.75, 3.05) is 11.9 Å². The van der Waals surface area contributed by atoms with E-state index in [0.717, 1.165) is 28.5 Å². The highest BCUT2D eigenvalue weighted by atomic mass is 35.5. The van der Waals surface area contributed by atoms with Gasteiger partial charge in [-0.3, -0.25) is 0 Å². The van der Waals surface area contributed by atoms with Gasteiger partial charge in [-0.25, -0.2) is 0 Å². The molecule has 0 heterocycles. The van der Waals surface area contributed by atoms with E-state index in [4.69, 9.17) is 11.6 Å². The van der Waals surface area contributed by atoms with Crippen LogP contribution in [-0.4, -0.2) is 13.1 Å². The second-order valence-corrected chi connectivity index (χ2v) is 5.57. The number of para-hydroxylation sites is 1. The van der Waals surface area contributed by atoms with Crippen molar-refractivity contribution in [3.05, 3.63) is 59.1 Å². The molecule has 0 radical (unpaired) electrons. The molecule has 0 fully saturated rings. The van der Waals surface area contributed by atoms with E-state index in [2.05, 4.69) is 49.3 Å². The Morgan fingerprint density at radius 2 is 1.75 bits per heavy atom. The SMILES string of the molecule is CC(C)NCc1c(Cl)cccc1N(C)c1ccccc1. The van der Waals surface area contributed by atoms with Gasteiger partial charge in [0.1, 0.15) is 0 Å². The minimum Gasteiger partial charge on any atom is -0.344 e. The fourth-order valence-corrected chi connectivity index (χ4v) is 2.37. The van der Waals surface area contributed by atoms with Crippen LogP contribution in [0.25, 0.3) is 0 Å². The number of hydrogen-bond acceptors (Lipinski definition) is 2. The summed E-state index contributed by atoms with van der Waals surface area (Å²) in [7, 11) is 2.07. The number of anilines is 2. The lowest BCUT2D eigenvalue weighted by Crippen LogP contribution is -2.23. The Bertz CT molecular complexity index is 552. The van der Waals surface area contributed by atoms with Gasteiger partial charge in [0.15, 0.2) is 0 Å². The number of nitrogens with one attached hydrogen (secondary N) is 1. The summed E-state index contributed by atoms with van der Waals surface area (Å²) in [4.78, 5) is 2.17. The van der Waals surface area contributed by atoms with Gasteiger partial charge in [-0.2, -0.15) is 0 Å². The summed E-state index contributed by atoms with van der Waals surface area (Å²) in [5.41, 5.74) is 3.42. The summed E-state index contributed by atoms with van der Waals surface area (Å²) in [5.74, 6) is 0. The van der Waals surface area contributed by atoms with Crippen molar-refractivity contribution < 1.29 is 0 Å². The average molecular weight is 289 g/mol. The lowest BCUT2D eigenvalue weighted by molar-refractivity contribution is 0.589. The third-order valence-electron chi connectivity index (χ3n) is 3.29. The van der Waals surface area contributed by atoms with Gasteiger partial charge in [0.25, 0.3) is 0 Å². The molecule has 0 unspecified atom stereocenters. The van der Waals surface area contributed by atoms with Gasteiger partial charge in [-0.1, -0.05) is 49.7 Å². The molecule has 0 aliphatic heterocycles. The standard InChI is InChI=1S/C17H21ClN2/c1-13(2)19-12-15-16(18)10-7-11-17(15)20(3)14-8-5-4-6-9-14/h4-11,13,19H,12H2,1-3H3. The molecule has 2 rings (SSSR count). The lowest BCUT2D eigenvalue weighted by Gasteiger charge is -2.24. The van der Waals surface area contributed by atoms with E-state index in [-0.39, 0.29) is 0 Å². The first-order valence-electron chi connectivity index (χ1n) is 6.89. The molecule has 0 aliphatic rings. The summed E-state index contributed by atoms with van der Waals surface area (Å²) in [6, 6.07) is 16.8. The summed E-state index contributed by atoms with van der Waals surface area (Å²) in [6.07, 6.45) is 0.